The van der Waals surface area contributed by atoms with Gasteiger partial charge in [-0.15, -0.1) is 0 Å². The number of anilines is 2. The van der Waals surface area contributed by atoms with Crippen LogP contribution in [0.3, 0.4) is 0 Å². The molecule has 0 saturated carbocycles. The Morgan fingerprint density at radius 1 is 1.16 bits per heavy atom. The van der Waals surface area contributed by atoms with Crippen LogP contribution in [0.2, 0.25) is 0 Å². The number of aromatic nitrogens is 2. The Labute approximate surface area is 112 Å². The van der Waals surface area contributed by atoms with Crippen molar-refractivity contribution in [2.75, 3.05) is 17.2 Å². The first kappa shape index (κ1) is 13.0. The first-order valence-electron chi connectivity index (χ1n) is 6.22. The molecule has 0 aliphatic carbocycles. The molecular formula is C14H16N4O. The van der Waals surface area contributed by atoms with Crippen molar-refractivity contribution in [3.8, 4) is 0 Å². The molecule has 19 heavy (non-hydrogen) atoms. The molecule has 5 nitrogen and oxygen atoms in total. The Hall–Kier alpha value is -2.43. The molecule has 1 aromatic carbocycles. The lowest BCUT2D eigenvalue weighted by molar-refractivity contribution is 0.102. The molecule has 98 valence electrons. The van der Waals surface area contributed by atoms with Gasteiger partial charge < -0.3 is 5.32 Å². The minimum absolute atomic E-state index is 0.217. The maximum absolute atomic E-state index is 12.2. The maximum Gasteiger partial charge on any atom is 0.260 e. The van der Waals surface area contributed by atoms with Gasteiger partial charge in [-0.25, -0.2) is 9.97 Å². The number of rotatable bonds is 5. The van der Waals surface area contributed by atoms with Crippen molar-refractivity contribution < 1.29 is 4.79 Å². The highest BCUT2D eigenvalue weighted by molar-refractivity contribution is 6.07. The minimum Gasteiger partial charge on any atom is -0.384 e. The van der Waals surface area contributed by atoms with Gasteiger partial charge in [0.15, 0.2) is 0 Å². The molecule has 1 heterocycles. The Balaban J connectivity index is 2.14. The predicted octanol–water partition coefficient (Wildman–Crippen LogP) is 2.55. The number of amides is 1. The molecule has 2 rings (SSSR count). The van der Waals surface area contributed by atoms with E-state index >= 15 is 0 Å². The van der Waals surface area contributed by atoms with Gasteiger partial charge in [0.25, 0.3) is 5.91 Å². The average Bonchev–Trinajstić information content (AvgIpc) is 2.46. The zero-order valence-corrected chi connectivity index (χ0v) is 10.8. The van der Waals surface area contributed by atoms with E-state index in [1.54, 1.807) is 24.5 Å². The molecule has 0 atom stereocenters. The molecule has 1 amide bonds. The van der Waals surface area contributed by atoms with Crippen LogP contribution in [0, 0.1) is 0 Å². The first-order chi connectivity index (χ1) is 9.31. The third-order valence-electron chi connectivity index (χ3n) is 2.53. The number of carbonyl (C=O) groups excluding carboxylic acids is 1. The van der Waals surface area contributed by atoms with Crippen LogP contribution in [-0.4, -0.2) is 22.4 Å². The number of nitrogens with zero attached hydrogens (tertiary/aromatic N) is 2. The van der Waals surface area contributed by atoms with Gasteiger partial charge in [0, 0.05) is 24.6 Å². The molecule has 0 fully saturated rings. The highest BCUT2D eigenvalue weighted by Crippen LogP contribution is 2.16. The normalized spacial score (nSPS) is 9.95. The largest absolute Gasteiger partial charge is 0.384 e. The quantitative estimate of drug-likeness (QED) is 0.862. The van der Waals surface area contributed by atoms with E-state index in [2.05, 4.69) is 27.5 Å². The van der Waals surface area contributed by atoms with Crippen LogP contribution < -0.4 is 10.6 Å². The predicted molar refractivity (Wildman–Crippen MR) is 75.2 cm³/mol. The summed E-state index contributed by atoms with van der Waals surface area (Å²) in [5.74, 6) is 0.0863. The topological polar surface area (TPSA) is 66.9 Å². The zero-order chi connectivity index (χ0) is 13.5. The second-order valence-corrected chi connectivity index (χ2v) is 4.00. The van der Waals surface area contributed by atoms with E-state index in [4.69, 9.17) is 0 Å². The van der Waals surface area contributed by atoms with Crippen molar-refractivity contribution >= 4 is 17.5 Å². The number of para-hydroxylation sites is 1. The summed E-state index contributed by atoms with van der Waals surface area (Å²) in [6, 6.07) is 9.09. The van der Waals surface area contributed by atoms with Gasteiger partial charge in [-0.05, 0) is 24.6 Å². The number of benzene rings is 1. The van der Waals surface area contributed by atoms with E-state index in [1.807, 2.05) is 18.2 Å². The molecule has 0 bridgehead atoms. The molecule has 0 radical (unpaired) electrons. The highest BCUT2D eigenvalue weighted by atomic mass is 16.1. The van der Waals surface area contributed by atoms with Gasteiger partial charge >= 0.3 is 0 Å². The second-order valence-electron chi connectivity index (χ2n) is 4.00. The van der Waals surface area contributed by atoms with Gasteiger partial charge in [-0.1, -0.05) is 19.1 Å². The summed E-state index contributed by atoms with van der Waals surface area (Å²) >= 11 is 0. The van der Waals surface area contributed by atoms with E-state index < -0.39 is 0 Å². The minimum atomic E-state index is -0.217. The fraction of sp³-hybridized carbons (Fsp3) is 0.214. The lowest BCUT2D eigenvalue weighted by atomic mass is 10.1. The summed E-state index contributed by atoms with van der Waals surface area (Å²) < 4.78 is 0. The van der Waals surface area contributed by atoms with Crippen molar-refractivity contribution in [3.63, 3.8) is 0 Å². The summed E-state index contributed by atoms with van der Waals surface area (Å²) in [7, 11) is 0. The van der Waals surface area contributed by atoms with Crippen LogP contribution in [0.4, 0.5) is 11.6 Å². The molecular weight excluding hydrogens is 240 g/mol. The van der Waals surface area contributed by atoms with E-state index in [0.29, 0.717) is 11.5 Å². The Morgan fingerprint density at radius 2 is 1.89 bits per heavy atom. The van der Waals surface area contributed by atoms with Crippen molar-refractivity contribution in [2.45, 2.75) is 13.3 Å². The van der Waals surface area contributed by atoms with Gasteiger partial charge in [-0.3, -0.25) is 10.1 Å². The third kappa shape index (κ3) is 3.51. The molecule has 0 unspecified atom stereocenters. The fourth-order valence-electron chi connectivity index (χ4n) is 1.63. The first-order valence-corrected chi connectivity index (χ1v) is 6.22. The highest BCUT2D eigenvalue weighted by Gasteiger charge is 2.11. The van der Waals surface area contributed by atoms with E-state index in [1.165, 1.54) is 0 Å². The van der Waals surface area contributed by atoms with Gasteiger partial charge in [0.1, 0.15) is 0 Å². The molecule has 0 spiro atoms. The third-order valence-corrected chi connectivity index (χ3v) is 2.53. The zero-order valence-electron chi connectivity index (χ0n) is 10.8. The Morgan fingerprint density at radius 3 is 2.63 bits per heavy atom. The molecule has 5 heteroatoms. The summed E-state index contributed by atoms with van der Waals surface area (Å²) in [4.78, 5) is 20.1. The van der Waals surface area contributed by atoms with Gasteiger partial charge in [0.05, 0.1) is 5.56 Å². The van der Waals surface area contributed by atoms with Crippen molar-refractivity contribution in [2.24, 2.45) is 0 Å². The maximum atomic E-state index is 12.2. The molecule has 0 saturated heterocycles. The number of hydrogen-bond acceptors (Lipinski definition) is 4. The molecule has 2 aromatic rings. The van der Waals surface area contributed by atoms with E-state index in [-0.39, 0.29) is 5.91 Å². The number of carbonyl (C=O) groups is 1. The van der Waals surface area contributed by atoms with Crippen molar-refractivity contribution in [1.82, 2.24) is 9.97 Å². The van der Waals surface area contributed by atoms with Gasteiger partial charge in [-0.2, -0.15) is 0 Å². The smallest absolute Gasteiger partial charge is 0.260 e. The monoisotopic (exact) mass is 256 g/mol. The lowest BCUT2D eigenvalue weighted by Gasteiger charge is -2.10. The van der Waals surface area contributed by atoms with Crippen LogP contribution in [0.15, 0.2) is 42.7 Å². The van der Waals surface area contributed by atoms with Crippen molar-refractivity contribution in [1.29, 1.82) is 0 Å². The number of hydrogen-bond donors (Lipinski definition) is 2. The SMILES string of the molecule is CCCNc1ccccc1C(=O)Nc1ncccn1. The van der Waals surface area contributed by atoms with Gasteiger partial charge in [0.2, 0.25) is 5.95 Å². The van der Waals surface area contributed by atoms with Crippen LogP contribution in [-0.2, 0) is 0 Å². The summed E-state index contributed by atoms with van der Waals surface area (Å²) in [5.41, 5.74) is 1.40. The molecule has 0 aliphatic heterocycles. The second kappa shape index (κ2) is 6.49. The molecule has 1 aromatic heterocycles. The Kier molecular flexibility index (Phi) is 4.44. The summed E-state index contributed by atoms with van der Waals surface area (Å²) in [6.45, 7) is 2.90. The van der Waals surface area contributed by atoms with E-state index in [9.17, 15) is 4.79 Å². The van der Waals surface area contributed by atoms with Crippen LogP contribution in [0.5, 0.6) is 0 Å². The van der Waals surface area contributed by atoms with Crippen molar-refractivity contribution in [3.05, 3.63) is 48.3 Å². The molecule has 0 aliphatic rings. The lowest BCUT2D eigenvalue weighted by Crippen LogP contribution is -2.16. The van der Waals surface area contributed by atoms with Crippen LogP contribution in [0.1, 0.15) is 23.7 Å². The van der Waals surface area contributed by atoms with E-state index in [0.717, 1.165) is 18.7 Å². The van der Waals surface area contributed by atoms with Crippen LogP contribution in [0.25, 0.3) is 0 Å². The van der Waals surface area contributed by atoms with Crippen LogP contribution >= 0.6 is 0 Å². The summed E-state index contributed by atoms with van der Waals surface area (Å²) in [5, 5.41) is 5.90. The standard InChI is InChI=1S/C14H16N4O/c1-2-8-15-12-7-4-3-6-11(12)13(19)18-14-16-9-5-10-17-14/h3-7,9-10,15H,2,8H2,1H3,(H,16,17,18,19). The molecule has 2 N–H and O–H groups in total. The number of nitrogens with one attached hydrogen (secondary N) is 2. The average molecular weight is 256 g/mol. The fourth-order valence-corrected chi connectivity index (χ4v) is 1.63. The summed E-state index contributed by atoms with van der Waals surface area (Å²) in [6.07, 6.45) is 4.17. The Bertz CT molecular complexity index is 542.